The lowest BCUT2D eigenvalue weighted by Crippen LogP contribution is -2.30. The van der Waals surface area contributed by atoms with Gasteiger partial charge in [-0.25, -0.2) is 0 Å². The van der Waals surface area contributed by atoms with Gasteiger partial charge in [0.05, 0.1) is 5.69 Å². The second-order valence-corrected chi connectivity index (χ2v) is 4.99. The monoisotopic (exact) mass is 207 g/mol. The van der Waals surface area contributed by atoms with Crippen molar-refractivity contribution in [1.82, 2.24) is 9.78 Å². The highest BCUT2D eigenvalue weighted by molar-refractivity contribution is 5.11. The first-order valence-electron chi connectivity index (χ1n) is 5.85. The number of hydrogen-bond donors (Lipinski definition) is 1. The van der Waals surface area contributed by atoms with Gasteiger partial charge in [-0.2, -0.15) is 5.10 Å². The number of hydrogen-bond acceptors (Lipinski definition) is 2. The van der Waals surface area contributed by atoms with E-state index in [0.29, 0.717) is 5.41 Å². The summed E-state index contributed by atoms with van der Waals surface area (Å²) in [6.07, 6.45) is 6.35. The van der Waals surface area contributed by atoms with Gasteiger partial charge < -0.3 is 5.73 Å². The largest absolute Gasteiger partial charge is 0.330 e. The molecule has 3 nitrogen and oxygen atoms in total. The van der Waals surface area contributed by atoms with Crippen LogP contribution in [0, 0.1) is 12.3 Å². The van der Waals surface area contributed by atoms with Gasteiger partial charge in [0.25, 0.3) is 0 Å². The predicted octanol–water partition coefficient (Wildman–Crippen LogP) is 1.79. The maximum absolute atomic E-state index is 5.94. The van der Waals surface area contributed by atoms with Gasteiger partial charge in [-0.3, -0.25) is 4.68 Å². The van der Waals surface area contributed by atoms with Crippen LogP contribution in [0.4, 0.5) is 0 Å². The van der Waals surface area contributed by atoms with Crippen molar-refractivity contribution >= 4 is 0 Å². The standard InChI is InChI=1S/C12H21N3/c1-10-7-11(15(2)14-10)8-12(9-13)5-3-4-6-12/h7H,3-6,8-9,13H2,1-2H3. The van der Waals surface area contributed by atoms with E-state index < -0.39 is 0 Å². The van der Waals surface area contributed by atoms with Crippen molar-refractivity contribution in [1.29, 1.82) is 0 Å². The highest BCUT2D eigenvalue weighted by Crippen LogP contribution is 2.39. The van der Waals surface area contributed by atoms with Gasteiger partial charge in [0, 0.05) is 12.7 Å². The molecule has 0 saturated heterocycles. The van der Waals surface area contributed by atoms with Crippen LogP contribution in [-0.2, 0) is 13.5 Å². The van der Waals surface area contributed by atoms with Gasteiger partial charge in [-0.05, 0) is 44.2 Å². The minimum absolute atomic E-state index is 0.361. The van der Waals surface area contributed by atoms with Crippen LogP contribution < -0.4 is 5.73 Å². The SMILES string of the molecule is Cc1cc(CC2(CN)CCCC2)n(C)n1. The molecule has 0 bridgehead atoms. The van der Waals surface area contributed by atoms with Gasteiger partial charge in [-0.1, -0.05) is 12.8 Å². The summed E-state index contributed by atoms with van der Waals surface area (Å²) in [5.74, 6) is 0. The summed E-state index contributed by atoms with van der Waals surface area (Å²) in [6.45, 7) is 2.87. The zero-order valence-corrected chi connectivity index (χ0v) is 9.79. The summed E-state index contributed by atoms with van der Waals surface area (Å²) < 4.78 is 2.01. The molecule has 0 amide bonds. The molecule has 1 aliphatic carbocycles. The van der Waals surface area contributed by atoms with Crippen LogP contribution in [-0.4, -0.2) is 16.3 Å². The minimum atomic E-state index is 0.361. The van der Waals surface area contributed by atoms with Crippen molar-refractivity contribution < 1.29 is 0 Å². The van der Waals surface area contributed by atoms with Gasteiger partial charge in [-0.15, -0.1) is 0 Å². The summed E-state index contributed by atoms with van der Waals surface area (Å²) in [5, 5.41) is 4.39. The van der Waals surface area contributed by atoms with E-state index in [-0.39, 0.29) is 0 Å². The average Bonchev–Trinajstić information content (AvgIpc) is 2.76. The lowest BCUT2D eigenvalue weighted by atomic mass is 9.81. The Labute approximate surface area is 91.7 Å². The van der Waals surface area contributed by atoms with Crippen LogP contribution in [0.5, 0.6) is 0 Å². The second kappa shape index (κ2) is 3.97. The minimum Gasteiger partial charge on any atom is -0.330 e. The van der Waals surface area contributed by atoms with Crippen LogP contribution in [0.1, 0.15) is 37.1 Å². The fourth-order valence-electron chi connectivity index (χ4n) is 2.79. The first kappa shape index (κ1) is 10.7. The topological polar surface area (TPSA) is 43.8 Å². The lowest BCUT2D eigenvalue weighted by Gasteiger charge is -2.26. The predicted molar refractivity (Wildman–Crippen MR) is 61.6 cm³/mol. The molecular weight excluding hydrogens is 186 g/mol. The van der Waals surface area contributed by atoms with E-state index in [1.807, 2.05) is 18.7 Å². The van der Waals surface area contributed by atoms with Crippen molar-refractivity contribution in [2.75, 3.05) is 6.54 Å². The molecule has 1 saturated carbocycles. The molecule has 0 spiro atoms. The number of nitrogens with two attached hydrogens (primary N) is 1. The molecule has 2 rings (SSSR count). The Morgan fingerprint density at radius 3 is 2.60 bits per heavy atom. The Morgan fingerprint density at radius 2 is 2.13 bits per heavy atom. The third kappa shape index (κ3) is 2.07. The fraction of sp³-hybridized carbons (Fsp3) is 0.750. The third-order valence-corrected chi connectivity index (χ3v) is 3.75. The van der Waals surface area contributed by atoms with Crippen LogP contribution in [0.15, 0.2) is 6.07 Å². The van der Waals surface area contributed by atoms with Crippen LogP contribution >= 0.6 is 0 Å². The normalized spacial score (nSPS) is 19.7. The Kier molecular flexibility index (Phi) is 2.83. The molecule has 1 heterocycles. The maximum atomic E-state index is 5.94. The van der Waals surface area contributed by atoms with Crippen molar-refractivity contribution in [3.63, 3.8) is 0 Å². The van der Waals surface area contributed by atoms with E-state index in [4.69, 9.17) is 5.73 Å². The van der Waals surface area contributed by atoms with Crippen LogP contribution in [0.2, 0.25) is 0 Å². The van der Waals surface area contributed by atoms with Crippen molar-refractivity contribution in [3.05, 3.63) is 17.5 Å². The van der Waals surface area contributed by atoms with Crippen LogP contribution in [0.3, 0.4) is 0 Å². The fourth-order valence-corrected chi connectivity index (χ4v) is 2.79. The van der Waals surface area contributed by atoms with Crippen molar-refractivity contribution in [2.24, 2.45) is 18.2 Å². The molecule has 1 fully saturated rings. The van der Waals surface area contributed by atoms with Crippen molar-refractivity contribution in [3.8, 4) is 0 Å². The Balaban J connectivity index is 2.16. The van der Waals surface area contributed by atoms with E-state index >= 15 is 0 Å². The van der Waals surface area contributed by atoms with E-state index in [0.717, 1.165) is 18.7 Å². The molecule has 3 heteroatoms. The van der Waals surface area contributed by atoms with Gasteiger partial charge in [0.1, 0.15) is 0 Å². The highest BCUT2D eigenvalue weighted by atomic mass is 15.3. The molecule has 0 aliphatic heterocycles. The smallest absolute Gasteiger partial charge is 0.0596 e. The molecule has 15 heavy (non-hydrogen) atoms. The summed E-state index contributed by atoms with van der Waals surface area (Å²) in [5.41, 5.74) is 8.75. The molecule has 84 valence electrons. The van der Waals surface area contributed by atoms with Gasteiger partial charge in [0.15, 0.2) is 0 Å². The molecule has 0 aromatic carbocycles. The maximum Gasteiger partial charge on any atom is 0.0596 e. The summed E-state index contributed by atoms with van der Waals surface area (Å²) in [7, 11) is 2.03. The molecule has 0 atom stereocenters. The third-order valence-electron chi connectivity index (χ3n) is 3.75. The lowest BCUT2D eigenvalue weighted by molar-refractivity contribution is 0.299. The summed E-state index contributed by atoms with van der Waals surface area (Å²) in [4.78, 5) is 0. The molecular formula is C12H21N3. The Hall–Kier alpha value is -0.830. The van der Waals surface area contributed by atoms with E-state index in [1.54, 1.807) is 0 Å². The molecule has 1 aromatic heterocycles. The van der Waals surface area contributed by atoms with Crippen LogP contribution in [0.25, 0.3) is 0 Å². The summed E-state index contributed by atoms with van der Waals surface area (Å²) in [6, 6.07) is 2.19. The van der Waals surface area contributed by atoms with Gasteiger partial charge >= 0.3 is 0 Å². The quantitative estimate of drug-likeness (QED) is 0.821. The van der Waals surface area contributed by atoms with Crippen molar-refractivity contribution in [2.45, 2.75) is 39.0 Å². The first-order valence-corrected chi connectivity index (χ1v) is 5.85. The number of rotatable bonds is 3. The molecule has 1 aromatic rings. The molecule has 1 aliphatic rings. The zero-order chi connectivity index (χ0) is 10.9. The zero-order valence-electron chi connectivity index (χ0n) is 9.79. The number of aryl methyl sites for hydroxylation is 2. The number of aromatic nitrogens is 2. The Morgan fingerprint density at radius 1 is 1.47 bits per heavy atom. The van der Waals surface area contributed by atoms with E-state index in [2.05, 4.69) is 11.2 Å². The highest BCUT2D eigenvalue weighted by Gasteiger charge is 2.33. The summed E-state index contributed by atoms with van der Waals surface area (Å²) >= 11 is 0. The molecule has 2 N–H and O–H groups in total. The van der Waals surface area contributed by atoms with E-state index in [1.165, 1.54) is 31.4 Å². The average molecular weight is 207 g/mol. The van der Waals surface area contributed by atoms with E-state index in [9.17, 15) is 0 Å². The van der Waals surface area contributed by atoms with Gasteiger partial charge in [0.2, 0.25) is 0 Å². The Bertz CT molecular complexity index is 335. The molecule has 0 unspecified atom stereocenters. The second-order valence-electron chi connectivity index (χ2n) is 4.99. The molecule has 0 radical (unpaired) electrons. The number of nitrogens with zero attached hydrogens (tertiary/aromatic N) is 2. The first-order chi connectivity index (χ1) is 7.15.